The van der Waals surface area contributed by atoms with Crippen molar-refractivity contribution < 1.29 is 9.55 Å². The smallest absolute Gasteiger partial charge is 0.271 e. The lowest BCUT2D eigenvalue weighted by molar-refractivity contribution is -0.476. The molecule has 2 rings (SSSR count). The van der Waals surface area contributed by atoms with E-state index in [1.807, 2.05) is 38.1 Å². The predicted molar refractivity (Wildman–Crippen MR) is 84.8 cm³/mol. The minimum absolute atomic E-state index is 0.0247. The van der Waals surface area contributed by atoms with Crippen molar-refractivity contribution >= 4 is 23.4 Å². The molecule has 1 amide bonds. The normalized spacial score (nSPS) is 17.1. The van der Waals surface area contributed by atoms with Gasteiger partial charge in [-0.15, -0.1) is 0 Å². The van der Waals surface area contributed by atoms with Gasteiger partial charge in [0.25, 0.3) is 11.1 Å². The molecule has 1 aliphatic heterocycles. The van der Waals surface area contributed by atoms with Crippen LogP contribution < -0.4 is 5.32 Å². The minimum Gasteiger partial charge on any atom is -0.355 e. The van der Waals surface area contributed by atoms with Gasteiger partial charge in [-0.1, -0.05) is 26.0 Å². The van der Waals surface area contributed by atoms with E-state index >= 15 is 0 Å². The molecule has 1 aromatic rings. The number of nitroso groups, excluding NO2 is 1. The molecule has 0 saturated heterocycles. The maximum absolute atomic E-state index is 12.1. The summed E-state index contributed by atoms with van der Waals surface area (Å²) in [7, 11) is 0. The average molecular weight is 308 g/mol. The zero-order valence-corrected chi connectivity index (χ0v) is 13.4. The monoisotopic (exact) mass is 308 g/mol. The van der Waals surface area contributed by atoms with Crippen molar-refractivity contribution in [2.75, 3.05) is 26.2 Å². The van der Waals surface area contributed by atoms with Crippen LogP contribution >= 0.6 is 11.8 Å². The van der Waals surface area contributed by atoms with Crippen LogP contribution in [0.25, 0.3) is 0 Å². The Kier molecular flexibility index (Phi) is 5.76. The summed E-state index contributed by atoms with van der Waals surface area (Å²) in [5, 5.41) is 2.75. The topological polar surface area (TPSA) is 52.4 Å². The van der Waals surface area contributed by atoms with Crippen molar-refractivity contribution in [1.29, 1.82) is 0 Å². The molecule has 6 heteroatoms. The van der Waals surface area contributed by atoms with E-state index < -0.39 is 0 Å². The van der Waals surface area contributed by atoms with Gasteiger partial charge in [0.05, 0.1) is 16.2 Å². The molecule has 114 valence electrons. The van der Waals surface area contributed by atoms with Gasteiger partial charge < -0.3 is 5.32 Å². The van der Waals surface area contributed by atoms with Crippen molar-refractivity contribution in [1.82, 2.24) is 10.2 Å². The molecular weight excluding hydrogens is 286 g/mol. The number of amides is 1. The van der Waals surface area contributed by atoms with Gasteiger partial charge in [0.1, 0.15) is 0 Å². The lowest BCUT2D eigenvalue weighted by Crippen LogP contribution is -2.38. The lowest BCUT2D eigenvalue weighted by Gasteiger charge is -2.17. The highest BCUT2D eigenvalue weighted by molar-refractivity contribution is 8.00. The maximum atomic E-state index is 12.1. The van der Waals surface area contributed by atoms with Crippen LogP contribution in [0.3, 0.4) is 0 Å². The van der Waals surface area contributed by atoms with E-state index in [2.05, 4.69) is 10.2 Å². The summed E-state index contributed by atoms with van der Waals surface area (Å²) in [6.07, 6.45) is 0.646. The third kappa shape index (κ3) is 4.04. The van der Waals surface area contributed by atoms with Gasteiger partial charge in [-0.3, -0.25) is 9.69 Å². The summed E-state index contributed by atoms with van der Waals surface area (Å²) in [6.45, 7) is 6.77. The summed E-state index contributed by atoms with van der Waals surface area (Å²) in [5.74, 6) is 0.0247. The fourth-order valence-electron chi connectivity index (χ4n) is 2.31. The number of nitrogens with zero attached hydrogens (tertiary/aromatic N) is 2. The molecule has 1 aliphatic rings. The quantitative estimate of drug-likeness (QED) is 0.786. The molecular formula is C15H22N3O2S+. The first-order chi connectivity index (χ1) is 10.2. The molecule has 1 atom stereocenters. The number of hydrogen-bond donors (Lipinski definition) is 1. The number of likely N-dealkylation sites (N-methyl/N-ethyl adjacent to an activating group) is 1. The number of fused-ring (bicyclic) bond motifs is 1. The Morgan fingerprint density at radius 1 is 1.33 bits per heavy atom. The lowest BCUT2D eigenvalue weighted by atomic mass is 10.3. The number of nitrogens with one attached hydrogen (secondary N) is 1. The second kappa shape index (κ2) is 7.56. The van der Waals surface area contributed by atoms with E-state index in [1.54, 1.807) is 11.8 Å². The van der Waals surface area contributed by atoms with Crippen molar-refractivity contribution in [3.63, 3.8) is 0 Å². The molecule has 0 spiro atoms. The molecule has 1 N–H and O–H groups in total. The molecule has 1 aromatic carbocycles. The Balaban J connectivity index is 1.76. The number of rotatable bonds is 7. The summed E-state index contributed by atoms with van der Waals surface area (Å²) in [4.78, 5) is 27.0. The zero-order chi connectivity index (χ0) is 15.2. The Bertz CT molecular complexity index is 517. The van der Waals surface area contributed by atoms with Crippen LogP contribution in [0.4, 0.5) is 5.69 Å². The first kappa shape index (κ1) is 16.0. The average Bonchev–Trinajstić information content (AvgIpc) is 2.82. The molecule has 0 aromatic heterocycles. The first-order valence-corrected chi connectivity index (χ1v) is 8.24. The van der Waals surface area contributed by atoms with E-state index in [0.717, 1.165) is 28.4 Å². The van der Waals surface area contributed by atoms with Crippen molar-refractivity contribution in [2.24, 2.45) is 0 Å². The number of benzene rings is 1. The minimum atomic E-state index is -0.142. The van der Waals surface area contributed by atoms with E-state index in [-0.39, 0.29) is 11.3 Å². The molecule has 0 saturated carbocycles. The molecule has 0 radical (unpaired) electrons. The Hall–Kier alpha value is -1.40. The second-order valence-corrected chi connectivity index (χ2v) is 6.19. The molecule has 21 heavy (non-hydrogen) atoms. The summed E-state index contributed by atoms with van der Waals surface area (Å²) >= 11 is 1.57. The Morgan fingerprint density at radius 3 is 2.71 bits per heavy atom. The van der Waals surface area contributed by atoms with E-state index in [9.17, 15) is 9.70 Å². The molecule has 0 fully saturated rings. The van der Waals surface area contributed by atoms with Gasteiger partial charge in [-0.2, -0.15) is 0 Å². The van der Waals surface area contributed by atoms with Gasteiger partial charge in [0.15, 0.2) is 0 Å². The van der Waals surface area contributed by atoms with Crippen LogP contribution in [0.15, 0.2) is 29.2 Å². The van der Waals surface area contributed by atoms with Crippen LogP contribution in [0.5, 0.6) is 0 Å². The highest BCUT2D eigenvalue weighted by atomic mass is 32.2. The number of hydrogen-bond acceptors (Lipinski definition) is 4. The number of carbonyl (C=O) groups excluding carboxylic acids is 1. The summed E-state index contributed by atoms with van der Waals surface area (Å²) < 4.78 is 1.05. The maximum Gasteiger partial charge on any atom is 0.271 e. The third-order valence-corrected chi connectivity index (χ3v) is 4.90. The van der Waals surface area contributed by atoms with Crippen LogP contribution in [0, 0.1) is 4.91 Å². The fourth-order valence-corrected chi connectivity index (χ4v) is 3.48. The van der Waals surface area contributed by atoms with E-state index in [0.29, 0.717) is 19.5 Å². The van der Waals surface area contributed by atoms with E-state index in [4.69, 9.17) is 0 Å². The number of carbonyl (C=O) groups is 1. The van der Waals surface area contributed by atoms with Crippen molar-refractivity contribution in [3.05, 3.63) is 29.2 Å². The SMILES string of the molecule is CCN(CC)CC(=O)NCCC1Sc2ccccc2[N+]1=O. The van der Waals surface area contributed by atoms with Gasteiger partial charge >= 0.3 is 0 Å². The highest BCUT2D eigenvalue weighted by Crippen LogP contribution is 2.42. The first-order valence-electron chi connectivity index (χ1n) is 7.36. The molecule has 5 nitrogen and oxygen atoms in total. The standard InChI is InChI=1S/C15H21N3O2S/c1-3-17(4-2)11-14(19)16-10-9-15-18(20)12-7-5-6-8-13(12)21-15/h5-8,15H,3-4,9-11H2,1-2H3/p+1. The summed E-state index contributed by atoms with van der Waals surface area (Å²) in [5.41, 5.74) is 0.738. The van der Waals surface area contributed by atoms with Crippen molar-refractivity contribution in [3.8, 4) is 0 Å². The fraction of sp³-hybridized carbons (Fsp3) is 0.533. The largest absolute Gasteiger partial charge is 0.355 e. The van der Waals surface area contributed by atoms with Crippen LogP contribution in [-0.4, -0.2) is 47.1 Å². The van der Waals surface area contributed by atoms with Gasteiger partial charge in [0, 0.05) is 23.9 Å². The van der Waals surface area contributed by atoms with Gasteiger partial charge in [-0.05, 0) is 30.9 Å². The highest BCUT2D eigenvalue weighted by Gasteiger charge is 2.38. The molecule has 0 bridgehead atoms. The Labute approximate surface area is 129 Å². The van der Waals surface area contributed by atoms with Crippen LogP contribution in [0.2, 0.25) is 0 Å². The van der Waals surface area contributed by atoms with Crippen LogP contribution in [-0.2, 0) is 4.79 Å². The second-order valence-electron chi connectivity index (χ2n) is 4.97. The number of para-hydroxylation sites is 1. The van der Waals surface area contributed by atoms with E-state index in [1.165, 1.54) is 0 Å². The van der Waals surface area contributed by atoms with Crippen molar-refractivity contribution in [2.45, 2.75) is 30.5 Å². The van der Waals surface area contributed by atoms with Gasteiger partial charge in [0.2, 0.25) is 5.91 Å². The predicted octanol–water partition coefficient (Wildman–Crippen LogP) is 2.38. The number of thioether (sulfide) groups is 1. The molecule has 1 heterocycles. The zero-order valence-electron chi connectivity index (χ0n) is 12.5. The van der Waals surface area contributed by atoms with Crippen LogP contribution in [0.1, 0.15) is 20.3 Å². The molecule has 0 aliphatic carbocycles. The molecule has 1 unspecified atom stereocenters. The Morgan fingerprint density at radius 2 is 2.05 bits per heavy atom. The summed E-state index contributed by atoms with van der Waals surface area (Å²) in [6, 6.07) is 7.62. The third-order valence-electron chi connectivity index (χ3n) is 3.60. The van der Waals surface area contributed by atoms with Gasteiger partial charge in [-0.25, -0.2) is 0 Å².